The van der Waals surface area contributed by atoms with Crippen LogP contribution in [0.4, 0.5) is 0 Å². The third-order valence-electron chi connectivity index (χ3n) is 3.61. The zero-order valence-corrected chi connectivity index (χ0v) is 11.3. The molecule has 0 spiro atoms. The molecule has 0 aliphatic heterocycles. The summed E-state index contributed by atoms with van der Waals surface area (Å²) in [7, 11) is 0. The van der Waals surface area contributed by atoms with E-state index < -0.39 is 0 Å². The number of benzene rings is 1. The summed E-state index contributed by atoms with van der Waals surface area (Å²) in [5, 5.41) is 0. The Bertz CT molecular complexity index is 413. The van der Waals surface area contributed by atoms with Gasteiger partial charge >= 0.3 is 0 Å². The maximum Gasteiger partial charge on any atom is 0.170 e. The molecule has 1 saturated carbocycles. The van der Waals surface area contributed by atoms with Crippen LogP contribution in [0.5, 0.6) is 0 Å². The second-order valence-corrected chi connectivity index (χ2v) is 5.20. The van der Waals surface area contributed by atoms with Gasteiger partial charge in [0.05, 0.1) is 5.88 Å². The van der Waals surface area contributed by atoms with E-state index in [9.17, 15) is 4.79 Å². The molecule has 1 aliphatic carbocycles. The molecule has 1 aromatic rings. The summed E-state index contributed by atoms with van der Waals surface area (Å²) in [6.45, 7) is 0. The minimum atomic E-state index is -0.0481. The molecule has 0 radical (unpaired) electrons. The molecule has 0 bridgehead atoms. The maximum atomic E-state index is 11.1. The molecule has 0 atom stereocenters. The Morgan fingerprint density at radius 3 is 2.44 bits per heavy atom. The molecule has 1 aromatic carbocycles. The molecule has 96 valence electrons. The molecule has 1 aliphatic rings. The molecule has 18 heavy (non-hydrogen) atoms. The van der Waals surface area contributed by atoms with Gasteiger partial charge in [0.15, 0.2) is 5.78 Å². The quantitative estimate of drug-likeness (QED) is 0.574. The topological polar surface area (TPSA) is 17.1 Å². The van der Waals surface area contributed by atoms with Crippen LogP contribution in [0.3, 0.4) is 0 Å². The molecule has 0 amide bonds. The number of hydrogen-bond donors (Lipinski definition) is 0. The van der Waals surface area contributed by atoms with E-state index >= 15 is 0 Å². The molecule has 0 unspecified atom stereocenters. The lowest BCUT2D eigenvalue weighted by Crippen LogP contribution is -2.04. The third kappa shape index (κ3) is 3.71. The predicted molar refractivity (Wildman–Crippen MR) is 77.0 cm³/mol. The van der Waals surface area contributed by atoms with Gasteiger partial charge in [-0.05, 0) is 36.0 Å². The largest absolute Gasteiger partial charge is 0.294 e. The molecule has 2 rings (SSSR count). The average molecular weight is 263 g/mol. The molecule has 0 N–H and O–H groups in total. The number of alkyl halides is 1. The zero-order chi connectivity index (χ0) is 12.8. The van der Waals surface area contributed by atoms with Crippen LogP contribution in [0.15, 0.2) is 30.3 Å². The Morgan fingerprint density at radius 1 is 1.17 bits per heavy atom. The minimum absolute atomic E-state index is 0.0481. The normalized spacial score (nSPS) is 17.2. The van der Waals surface area contributed by atoms with Crippen LogP contribution in [0.25, 0.3) is 6.08 Å². The predicted octanol–water partition coefficient (Wildman–Crippen LogP) is 4.56. The van der Waals surface area contributed by atoms with E-state index in [4.69, 9.17) is 11.6 Å². The van der Waals surface area contributed by atoms with Crippen LogP contribution in [0, 0.1) is 0 Å². The summed E-state index contributed by atoms with van der Waals surface area (Å²) in [4.78, 5) is 11.1. The summed E-state index contributed by atoms with van der Waals surface area (Å²) in [5.41, 5.74) is 2.50. The number of rotatable bonds is 4. The highest BCUT2D eigenvalue weighted by Gasteiger charge is 2.14. The van der Waals surface area contributed by atoms with Gasteiger partial charge in [0.2, 0.25) is 0 Å². The van der Waals surface area contributed by atoms with Crippen molar-refractivity contribution in [2.45, 2.75) is 38.0 Å². The Hall–Kier alpha value is -1.08. The Balaban J connectivity index is 2.00. The van der Waals surface area contributed by atoms with Gasteiger partial charge in [-0.25, -0.2) is 0 Å². The molecule has 0 saturated heterocycles. The number of halogens is 1. The van der Waals surface area contributed by atoms with Crippen molar-refractivity contribution in [3.63, 3.8) is 0 Å². The SMILES string of the molecule is O=C(C=Cc1ccc(C2CCCCC2)cc1)CCl. The molecule has 1 nitrogen and oxygen atoms in total. The fourth-order valence-corrected chi connectivity index (χ4v) is 2.64. The first-order valence-electron chi connectivity index (χ1n) is 6.66. The highest BCUT2D eigenvalue weighted by Crippen LogP contribution is 2.32. The van der Waals surface area contributed by atoms with E-state index in [0.29, 0.717) is 0 Å². The standard InChI is InChI=1S/C16H19ClO/c17-12-16(18)11-8-13-6-9-15(10-7-13)14-4-2-1-3-5-14/h6-11,14H,1-5,12H2. The lowest BCUT2D eigenvalue weighted by molar-refractivity contribution is -0.112. The van der Waals surface area contributed by atoms with E-state index in [2.05, 4.69) is 24.3 Å². The van der Waals surface area contributed by atoms with Crippen molar-refractivity contribution in [1.29, 1.82) is 0 Å². The number of carbonyl (C=O) groups excluding carboxylic acids is 1. The summed E-state index contributed by atoms with van der Waals surface area (Å²) in [6, 6.07) is 8.56. The molecule has 2 heteroatoms. The molecular formula is C16H19ClO. The first kappa shape index (κ1) is 13.4. The zero-order valence-electron chi connectivity index (χ0n) is 10.6. The van der Waals surface area contributed by atoms with Gasteiger partial charge in [-0.3, -0.25) is 4.79 Å². The van der Waals surface area contributed by atoms with E-state index in [1.54, 1.807) is 6.08 Å². The number of carbonyl (C=O) groups is 1. The van der Waals surface area contributed by atoms with Crippen LogP contribution in [0.2, 0.25) is 0 Å². The lowest BCUT2D eigenvalue weighted by atomic mass is 9.84. The van der Waals surface area contributed by atoms with Gasteiger partial charge in [0, 0.05) is 0 Å². The number of allylic oxidation sites excluding steroid dienone is 1. The lowest BCUT2D eigenvalue weighted by Gasteiger charge is -2.21. The molecule has 0 heterocycles. The summed E-state index contributed by atoms with van der Waals surface area (Å²) in [5.74, 6) is 0.741. The monoisotopic (exact) mass is 262 g/mol. The van der Waals surface area contributed by atoms with Crippen molar-refractivity contribution in [1.82, 2.24) is 0 Å². The smallest absolute Gasteiger partial charge is 0.170 e. The Labute approximate surface area is 114 Å². The second-order valence-electron chi connectivity index (χ2n) is 4.93. The van der Waals surface area contributed by atoms with Crippen molar-refractivity contribution in [2.24, 2.45) is 0 Å². The maximum absolute atomic E-state index is 11.1. The van der Waals surface area contributed by atoms with Crippen LogP contribution in [-0.2, 0) is 4.79 Å². The van der Waals surface area contributed by atoms with E-state index in [0.717, 1.165) is 11.5 Å². The fourth-order valence-electron chi connectivity index (χ4n) is 2.55. The van der Waals surface area contributed by atoms with E-state index in [1.165, 1.54) is 37.7 Å². The number of hydrogen-bond acceptors (Lipinski definition) is 1. The fraction of sp³-hybridized carbons (Fsp3) is 0.438. The van der Waals surface area contributed by atoms with Crippen molar-refractivity contribution < 1.29 is 4.79 Å². The van der Waals surface area contributed by atoms with Gasteiger partial charge < -0.3 is 0 Å². The summed E-state index contributed by atoms with van der Waals surface area (Å²) >= 11 is 5.44. The van der Waals surface area contributed by atoms with Crippen molar-refractivity contribution in [2.75, 3.05) is 5.88 Å². The number of ketones is 1. The van der Waals surface area contributed by atoms with Crippen LogP contribution >= 0.6 is 11.6 Å². The highest BCUT2D eigenvalue weighted by molar-refractivity contribution is 6.29. The second kappa shape index (κ2) is 6.75. The minimum Gasteiger partial charge on any atom is -0.294 e. The third-order valence-corrected chi connectivity index (χ3v) is 3.87. The molecular weight excluding hydrogens is 244 g/mol. The summed E-state index contributed by atoms with van der Waals surface area (Å²) in [6.07, 6.45) is 10.1. The van der Waals surface area contributed by atoms with Crippen molar-refractivity contribution >= 4 is 23.5 Å². The highest BCUT2D eigenvalue weighted by atomic mass is 35.5. The molecule has 0 aromatic heterocycles. The van der Waals surface area contributed by atoms with Crippen molar-refractivity contribution in [3.8, 4) is 0 Å². The summed E-state index contributed by atoms with van der Waals surface area (Å²) < 4.78 is 0. The van der Waals surface area contributed by atoms with Crippen LogP contribution in [0.1, 0.15) is 49.1 Å². The van der Waals surface area contributed by atoms with Crippen LogP contribution < -0.4 is 0 Å². The Morgan fingerprint density at radius 2 is 1.83 bits per heavy atom. The molecule has 1 fully saturated rings. The van der Waals surface area contributed by atoms with Gasteiger partial charge in [0.25, 0.3) is 0 Å². The van der Waals surface area contributed by atoms with E-state index in [-0.39, 0.29) is 11.7 Å². The van der Waals surface area contributed by atoms with Gasteiger partial charge in [-0.1, -0.05) is 49.6 Å². The van der Waals surface area contributed by atoms with Gasteiger partial charge in [-0.15, -0.1) is 11.6 Å². The average Bonchev–Trinajstić information content (AvgIpc) is 2.46. The first-order valence-corrected chi connectivity index (χ1v) is 7.20. The van der Waals surface area contributed by atoms with Gasteiger partial charge in [-0.2, -0.15) is 0 Å². The Kier molecular flexibility index (Phi) is 5.00. The van der Waals surface area contributed by atoms with Crippen molar-refractivity contribution in [3.05, 3.63) is 41.5 Å². The van der Waals surface area contributed by atoms with Crippen LogP contribution in [-0.4, -0.2) is 11.7 Å². The van der Waals surface area contributed by atoms with Gasteiger partial charge in [0.1, 0.15) is 0 Å². The van der Waals surface area contributed by atoms with E-state index in [1.807, 2.05) is 6.08 Å². The first-order chi connectivity index (χ1) is 8.79.